The van der Waals surface area contributed by atoms with Crippen LogP contribution < -0.4 is 5.32 Å². The monoisotopic (exact) mass is 285 g/mol. The van der Waals surface area contributed by atoms with Gasteiger partial charge < -0.3 is 10.1 Å². The van der Waals surface area contributed by atoms with Gasteiger partial charge in [-0.3, -0.25) is 14.9 Å². The van der Waals surface area contributed by atoms with E-state index in [2.05, 4.69) is 10.3 Å². The van der Waals surface area contributed by atoms with Crippen molar-refractivity contribution in [1.82, 2.24) is 10.3 Å². The van der Waals surface area contributed by atoms with Gasteiger partial charge in [-0.25, -0.2) is 4.98 Å². The first kappa shape index (κ1) is 13.7. The summed E-state index contributed by atoms with van der Waals surface area (Å²) < 4.78 is 5.18. The molecule has 1 fully saturated rings. The minimum atomic E-state index is -0.700. The van der Waals surface area contributed by atoms with E-state index in [9.17, 15) is 14.9 Å². The number of carbonyl (C=O) groups excluding carboxylic acids is 1. The molecule has 0 aliphatic carbocycles. The third-order valence-corrected chi connectivity index (χ3v) is 3.14. The van der Waals surface area contributed by atoms with Crippen LogP contribution in [-0.2, 0) is 4.74 Å². The molecule has 0 atom stereocenters. The number of nitro groups is 1. The van der Waals surface area contributed by atoms with Crippen molar-refractivity contribution in [3.05, 3.63) is 33.1 Å². The van der Waals surface area contributed by atoms with Gasteiger partial charge in [-0.1, -0.05) is 11.6 Å². The molecular formula is C11H12ClN3O4. The summed E-state index contributed by atoms with van der Waals surface area (Å²) in [7, 11) is 0. The van der Waals surface area contributed by atoms with Crippen LogP contribution in [0.15, 0.2) is 12.3 Å². The fourth-order valence-electron chi connectivity index (χ4n) is 1.89. The highest BCUT2D eigenvalue weighted by atomic mass is 35.5. The van der Waals surface area contributed by atoms with E-state index in [1.54, 1.807) is 0 Å². The molecule has 0 radical (unpaired) electrons. The van der Waals surface area contributed by atoms with Gasteiger partial charge >= 0.3 is 5.69 Å². The summed E-state index contributed by atoms with van der Waals surface area (Å²) >= 11 is 5.66. The third kappa shape index (κ3) is 3.18. The second-order valence-corrected chi connectivity index (χ2v) is 4.47. The van der Waals surface area contributed by atoms with E-state index in [1.807, 2.05) is 0 Å². The Labute approximate surface area is 114 Å². The largest absolute Gasteiger partial charge is 0.381 e. The lowest BCUT2D eigenvalue weighted by Gasteiger charge is -2.23. The highest BCUT2D eigenvalue weighted by molar-refractivity contribution is 6.32. The third-order valence-electron chi connectivity index (χ3n) is 2.86. The standard InChI is InChI=1S/C11H12ClN3O4/c12-10-9(15(17)18)8(1-4-13-10)11(16)14-7-2-5-19-6-3-7/h1,4,7H,2-3,5-6H2,(H,14,16). The zero-order chi connectivity index (χ0) is 13.8. The van der Waals surface area contributed by atoms with E-state index in [0.29, 0.717) is 26.1 Å². The molecule has 1 aliphatic rings. The Morgan fingerprint density at radius 3 is 2.84 bits per heavy atom. The van der Waals surface area contributed by atoms with Gasteiger partial charge in [0.25, 0.3) is 5.91 Å². The quantitative estimate of drug-likeness (QED) is 0.516. The SMILES string of the molecule is O=C(NC1CCOCC1)c1ccnc(Cl)c1[N+](=O)[O-]. The molecule has 102 valence electrons. The first-order valence-corrected chi connectivity index (χ1v) is 6.15. The highest BCUT2D eigenvalue weighted by Crippen LogP contribution is 2.26. The molecule has 1 aromatic rings. The molecule has 1 saturated heterocycles. The molecule has 1 aromatic heterocycles. The van der Waals surface area contributed by atoms with Crippen LogP contribution in [0.4, 0.5) is 5.69 Å². The molecule has 0 saturated carbocycles. The average molecular weight is 286 g/mol. The maximum Gasteiger partial charge on any atom is 0.319 e. The van der Waals surface area contributed by atoms with Gasteiger partial charge in [-0.2, -0.15) is 0 Å². The van der Waals surface area contributed by atoms with Crippen LogP contribution >= 0.6 is 11.6 Å². The zero-order valence-electron chi connectivity index (χ0n) is 9.97. The molecule has 0 bridgehead atoms. The number of pyridine rings is 1. The summed E-state index contributed by atoms with van der Waals surface area (Å²) in [6, 6.07) is 1.26. The summed E-state index contributed by atoms with van der Waals surface area (Å²) in [4.78, 5) is 25.9. The van der Waals surface area contributed by atoms with Crippen molar-refractivity contribution in [3.63, 3.8) is 0 Å². The topological polar surface area (TPSA) is 94.4 Å². The summed E-state index contributed by atoms with van der Waals surface area (Å²) in [5.74, 6) is -0.511. The molecule has 8 heteroatoms. The lowest BCUT2D eigenvalue weighted by atomic mass is 10.1. The predicted octanol–water partition coefficient (Wildman–Crippen LogP) is 1.55. The van der Waals surface area contributed by atoms with E-state index >= 15 is 0 Å². The van der Waals surface area contributed by atoms with Gasteiger partial charge in [0.15, 0.2) is 0 Å². The van der Waals surface area contributed by atoms with Gasteiger partial charge in [0.05, 0.1) is 4.92 Å². The maximum atomic E-state index is 12.0. The maximum absolute atomic E-state index is 12.0. The number of amides is 1. The van der Waals surface area contributed by atoms with Gasteiger partial charge in [0, 0.05) is 25.5 Å². The smallest absolute Gasteiger partial charge is 0.319 e. The van der Waals surface area contributed by atoms with Crippen molar-refractivity contribution >= 4 is 23.2 Å². The lowest BCUT2D eigenvalue weighted by molar-refractivity contribution is -0.385. The van der Waals surface area contributed by atoms with E-state index in [4.69, 9.17) is 16.3 Å². The van der Waals surface area contributed by atoms with Crippen LogP contribution in [-0.4, -0.2) is 35.1 Å². The minimum Gasteiger partial charge on any atom is -0.381 e. The van der Waals surface area contributed by atoms with Crippen LogP contribution in [0.5, 0.6) is 0 Å². The van der Waals surface area contributed by atoms with Crippen LogP contribution in [0, 0.1) is 10.1 Å². The molecule has 0 spiro atoms. The Morgan fingerprint density at radius 1 is 1.53 bits per heavy atom. The Morgan fingerprint density at radius 2 is 2.21 bits per heavy atom. The predicted molar refractivity (Wildman–Crippen MR) is 67.2 cm³/mol. The summed E-state index contributed by atoms with van der Waals surface area (Å²) in [6.07, 6.45) is 2.66. The van der Waals surface area contributed by atoms with Crippen molar-refractivity contribution in [2.45, 2.75) is 18.9 Å². The number of nitrogens with one attached hydrogen (secondary N) is 1. The number of nitrogens with zero attached hydrogens (tertiary/aromatic N) is 2. The van der Waals surface area contributed by atoms with E-state index in [0.717, 1.165) is 0 Å². The van der Waals surface area contributed by atoms with Gasteiger partial charge in [-0.05, 0) is 18.9 Å². The molecule has 1 N–H and O–H groups in total. The normalized spacial score (nSPS) is 16.1. The molecular weight excluding hydrogens is 274 g/mol. The summed E-state index contributed by atoms with van der Waals surface area (Å²) in [5.41, 5.74) is -0.537. The molecule has 1 aliphatic heterocycles. The minimum absolute atomic E-state index is 0.0344. The number of carbonyl (C=O) groups is 1. The number of hydrogen-bond donors (Lipinski definition) is 1. The Bertz CT molecular complexity index is 503. The second-order valence-electron chi connectivity index (χ2n) is 4.12. The highest BCUT2D eigenvalue weighted by Gasteiger charge is 2.26. The molecule has 2 heterocycles. The number of ether oxygens (including phenoxy) is 1. The first-order chi connectivity index (χ1) is 9.09. The molecule has 0 unspecified atom stereocenters. The number of aromatic nitrogens is 1. The molecule has 0 aromatic carbocycles. The van der Waals surface area contributed by atoms with Gasteiger partial charge in [0.1, 0.15) is 5.56 Å². The van der Waals surface area contributed by atoms with E-state index < -0.39 is 16.5 Å². The Balaban J connectivity index is 2.18. The van der Waals surface area contributed by atoms with Crippen molar-refractivity contribution < 1.29 is 14.5 Å². The Kier molecular flexibility index (Phi) is 4.28. The van der Waals surface area contributed by atoms with Crippen molar-refractivity contribution in [2.24, 2.45) is 0 Å². The fraction of sp³-hybridized carbons (Fsp3) is 0.455. The average Bonchev–Trinajstić information content (AvgIpc) is 2.39. The molecule has 7 nitrogen and oxygen atoms in total. The van der Waals surface area contributed by atoms with Gasteiger partial charge in [-0.15, -0.1) is 0 Å². The number of halogens is 1. The number of rotatable bonds is 3. The van der Waals surface area contributed by atoms with Crippen LogP contribution in [0.1, 0.15) is 23.2 Å². The van der Waals surface area contributed by atoms with Crippen molar-refractivity contribution in [3.8, 4) is 0 Å². The molecule has 19 heavy (non-hydrogen) atoms. The Hall–Kier alpha value is -1.73. The van der Waals surface area contributed by atoms with Crippen molar-refractivity contribution in [1.29, 1.82) is 0 Å². The summed E-state index contributed by atoms with van der Waals surface area (Å²) in [6.45, 7) is 1.15. The second kappa shape index (κ2) is 5.94. The molecule has 1 amide bonds. The van der Waals surface area contributed by atoms with E-state index in [1.165, 1.54) is 12.3 Å². The van der Waals surface area contributed by atoms with Crippen LogP contribution in [0.3, 0.4) is 0 Å². The first-order valence-electron chi connectivity index (χ1n) is 5.77. The fourth-order valence-corrected chi connectivity index (χ4v) is 2.12. The molecule has 2 rings (SSSR count). The van der Waals surface area contributed by atoms with E-state index in [-0.39, 0.29) is 16.8 Å². The number of hydrogen-bond acceptors (Lipinski definition) is 5. The van der Waals surface area contributed by atoms with Crippen LogP contribution in [0.2, 0.25) is 5.15 Å². The summed E-state index contributed by atoms with van der Waals surface area (Å²) in [5, 5.41) is 13.4. The van der Waals surface area contributed by atoms with Crippen LogP contribution in [0.25, 0.3) is 0 Å². The zero-order valence-corrected chi connectivity index (χ0v) is 10.7. The lowest BCUT2D eigenvalue weighted by Crippen LogP contribution is -2.39. The van der Waals surface area contributed by atoms with Crippen molar-refractivity contribution in [2.75, 3.05) is 13.2 Å². The van der Waals surface area contributed by atoms with Gasteiger partial charge in [0.2, 0.25) is 5.15 Å².